The number of hydrogen-bond acceptors (Lipinski definition) is 3. The number of benzene rings is 2. The number of carbonyl (C=O) groups excluding carboxylic acids is 1. The molecule has 0 radical (unpaired) electrons. The van der Waals surface area contributed by atoms with E-state index in [0.717, 1.165) is 42.4 Å². The number of ether oxygens (including phenoxy) is 2. The van der Waals surface area contributed by atoms with Crippen LogP contribution in [0.2, 0.25) is 0 Å². The molecule has 2 aromatic carbocycles. The maximum Gasteiger partial charge on any atom is 0.328 e. The molecule has 0 unspecified atom stereocenters. The number of methoxy groups -OCH3 is 2. The van der Waals surface area contributed by atoms with Gasteiger partial charge in [0.25, 0.3) is 0 Å². The summed E-state index contributed by atoms with van der Waals surface area (Å²) in [4.78, 5) is 16.4. The van der Waals surface area contributed by atoms with E-state index >= 15 is 0 Å². The highest BCUT2D eigenvalue weighted by Crippen LogP contribution is 2.27. The van der Waals surface area contributed by atoms with Gasteiger partial charge in [-0.3, -0.25) is 9.80 Å². The van der Waals surface area contributed by atoms with E-state index in [1.807, 2.05) is 48.5 Å². The fourth-order valence-electron chi connectivity index (χ4n) is 2.73. The number of rotatable bonds is 4. The molecule has 1 saturated heterocycles. The van der Waals surface area contributed by atoms with Crippen LogP contribution in [0.5, 0.6) is 11.5 Å². The van der Waals surface area contributed by atoms with Crippen LogP contribution in [0.1, 0.15) is 6.42 Å². The van der Waals surface area contributed by atoms with E-state index in [1.54, 1.807) is 24.0 Å². The second kappa shape index (κ2) is 6.60. The Morgan fingerprint density at radius 2 is 1.13 bits per heavy atom. The standard InChI is InChI=1S/C18H20N2O3/c1-22-16-8-4-14(5-9-16)19-12-3-13-20(18(19)21)15-6-10-17(23-2)11-7-15/h4-11H,3,12-13H2,1-2H3. The first-order chi connectivity index (χ1) is 11.2. The van der Waals surface area contributed by atoms with Crippen molar-refractivity contribution in [2.45, 2.75) is 6.42 Å². The lowest BCUT2D eigenvalue weighted by Crippen LogP contribution is -2.49. The van der Waals surface area contributed by atoms with Gasteiger partial charge in [-0.05, 0) is 55.0 Å². The molecule has 1 aliphatic rings. The van der Waals surface area contributed by atoms with Gasteiger partial charge in [0.15, 0.2) is 0 Å². The lowest BCUT2D eigenvalue weighted by molar-refractivity contribution is 0.248. The minimum atomic E-state index is -0.00779. The molecule has 0 atom stereocenters. The summed E-state index contributed by atoms with van der Waals surface area (Å²) in [5.74, 6) is 1.57. The summed E-state index contributed by atoms with van der Waals surface area (Å²) in [5, 5.41) is 0. The van der Waals surface area contributed by atoms with Crippen molar-refractivity contribution in [3.05, 3.63) is 48.5 Å². The average Bonchev–Trinajstić information content (AvgIpc) is 2.62. The van der Waals surface area contributed by atoms with Crippen molar-refractivity contribution in [1.29, 1.82) is 0 Å². The largest absolute Gasteiger partial charge is 0.497 e. The first-order valence-electron chi connectivity index (χ1n) is 7.60. The summed E-state index contributed by atoms with van der Waals surface area (Å²) in [6.07, 6.45) is 0.920. The number of carbonyl (C=O) groups is 1. The fraction of sp³-hybridized carbons (Fsp3) is 0.278. The molecule has 0 aliphatic carbocycles. The zero-order valence-corrected chi connectivity index (χ0v) is 13.4. The smallest absolute Gasteiger partial charge is 0.328 e. The SMILES string of the molecule is COc1ccc(N2CCCN(c3ccc(OC)cc3)C2=O)cc1. The van der Waals surface area contributed by atoms with E-state index in [9.17, 15) is 4.79 Å². The molecule has 1 heterocycles. The van der Waals surface area contributed by atoms with Crippen LogP contribution in [0, 0.1) is 0 Å². The van der Waals surface area contributed by atoms with E-state index in [-0.39, 0.29) is 6.03 Å². The third-order valence-corrected chi connectivity index (χ3v) is 3.99. The molecular weight excluding hydrogens is 292 g/mol. The lowest BCUT2D eigenvalue weighted by Gasteiger charge is -2.35. The minimum Gasteiger partial charge on any atom is -0.497 e. The van der Waals surface area contributed by atoms with Gasteiger partial charge < -0.3 is 9.47 Å². The fourth-order valence-corrected chi connectivity index (χ4v) is 2.73. The monoisotopic (exact) mass is 312 g/mol. The highest BCUT2D eigenvalue weighted by molar-refractivity contribution is 6.04. The first kappa shape index (κ1) is 15.2. The molecule has 0 aromatic heterocycles. The Balaban J connectivity index is 1.82. The van der Waals surface area contributed by atoms with Gasteiger partial charge in [-0.2, -0.15) is 0 Å². The molecule has 1 fully saturated rings. The second-order valence-corrected chi connectivity index (χ2v) is 5.34. The number of anilines is 2. The summed E-state index contributed by atoms with van der Waals surface area (Å²) in [5.41, 5.74) is 1.77. The van der Waals surface area contributed by atoms with Gasteiger partial charge in [-0.1, -0.05) is 0 Å². The van der Waals surface area contributed by atoms with Crippen LogP contribution in [0.15, 0.2) is 48.5 Å². The van der Waals surface area contributed by atoms with Gasteiger partial charge in [0.1, 0.15) is 11.5 Å². The van der Waals surface area contributed by atoms with E-state index in [4.69, 9.17) is 9.47 Å². The molecular formula is C18H20N2O3. The van der Waals surface area contributed by atoms with Crippen molar-refractivity contribution in [2.75, 3.05) is 37.1 Å². The molecule has 5 nitrogen and oxygen atoms in total. The van der Waals surface area contributed by atoms with Crippen molar-refractivity contribution >= 4 is 17.4 Å². The Kier molecular flexibility index (Phi) is 4.37. The molecule has 1 aliphatic heterocycles. The van der Waals surface area contributed by atoms with Crippen LogP contribution in [-0.2, 0) is 0 Å². The van der Waals surface area contributed by atoms with Crippen molar-refractivity contribution < 1.29 is 14.3 Å². The zero-order chi connectivity index (χ0) is 16.2. The van der Waals surface area contributed by atoms with Crippen LogP contribution in [0.4, 0.5) is 16.2 Å². The third kappa shape index (κ3) is 3.08. The third-order valence-electron chi connectivity index (χ3n) is 3.99. The van der Waals surface area contributed by atoms with Gasteiger partial charge >= 0.3 is 6.03 Å². The van der Waals surface area contributed by atoms with Gasteiger partial charge in [-0.15, -0.1) is 0 Å². The Morgan fingerprint density at radius 1 is 0.739 bits per heavy atom. The van der Waals surface area contributed by atoms with Gasteiger partial charge in [0.05, 0.1) is 14.2 Å². The summed E-state index contributed by atoms with van der Waals surface area (Å²) in [6.45, 7) is 1.44. The van der Waals surface area contributed by atoms with Crippen LogP contribution in [-0.4, -0.2) is 33.3 Å². The summed E-state index contributed by atoms with van der Waals surface area (Å²) >= 11 is 0. The highest BCUT2D eigenvalue weighted by Gasteiger charge is 2.27. The van der Waals surface area contributed by atoms with Crippen LogP contribution in [0.3, 0.4) is 0 Å². The van der Waals surface area contributed by atoms with Crippen LogP contribution >= 0.6 is 0 Å². The molecule has 2 amide bonds. The predicted molar refractivity (Wildman–Crippen MR) is 90.7 cm³/mol. The number of nitrogens with zero attached hydrogens (tertiary/aromatic N) is 2. The van der Waals surface area contributed by atoms with Crippen molar-refractivity contribution in [1.82, 2.24) is 0 Å². The van der Waals surface area contributed by atoms with Gasteiger partial charge in [-0.25, -0.2) is 4.79 Å². The predicted octanol–water partition coefficient (Wildman–Crippen LogP) is 3.54. The molecule has 0 N–H and O–H groups in total. The quantitative estimate of drug-likeness (QED) is 0.867. The zero-order valence-electron chi connectivity index (χ0n) is 13.4. The average molecular weight is 312 g/mol. The Hall–Kier alpha value is -2.69. The Bertz CT molecular complexity index is 610. The van der Waals surface area contributed by atoms with Crippen LogP contribution < -0.4 is 19.3 Å². The summed E-state index contributed by atoms with van der Waals surface area (Å²) < 4.78 is 10.3. The van der Waals surface area contributed by atoms with E-state index in [1.165, 1.54) is 0 Å². The maximum absolute atomic E-state index is 12.8. The van der Waals surface area contributed by atoms with Gasteiger partial charge in [0.2, 0.25) is 0 Å². The van der Waals surface area contributed by atoms with E-state index < -0.39 is 0 Å². The second-order valence-electron chi connectivity index (χ2n) is 5.34. The topological polar surface area (TPSA) is 42.0 Å². The van der Waals surface area contributed by atoms with Crippen molar-refractivity contribution in [2.24, 2.45) is 0 Å². The maximum atomic E-state index is 12.8. The van der Waals surface area contributed by atoms with Crippen molar-refractivity contribution in [3.8, 4) is 11.5 Å². The normalized spacial score (nSPS) is 14.8. The molecule has 0 saturated carbocycles. The highest BCUT2D eigenvalue weighted by atomic mass is 16.5. The molecule has 0 spiro atoms. The minimum absolute atomic E-state index is 0.00779. The first-order valence-corrected chi connectivity index (χ1v) is 7.60. The number of hydrogen-bond donors (Lipinski definition) is 0. The van der Waals surface area contributed by atoms with Crippen LogP contribution in [0.25, 0.3) is 0 Å². The lowest BCUT2D eigenvalue weighted by atomic mass is 10.2. The Morgan fingerprint density at radius 3 is 1.48 bits per heavy atom. The van der Waals surface area contributed by atoms with Crippen molar-refractivity contribution in [3.63, 3.8) is 0 Å². The molecule has 0 bridgehead atoms. The Labute approximate surface area is 136 Å². The van der Waals surface area contributed by atoms with Gasteiger partial charge in [0, 0.05) is 24.5 Å². The number of urea groups is 1. The molecule has 2 aromatic rings. The molecule has 23 heavy (non-hydrogen) atoms. The van der Waals surface area contributed by atoms with E-state index in [0.29, 0.717) is 0 Å². The molecule has 5 heteroatoms. The molecule has 120 valence electrons. The summed E-state index contributed by atoms with van der Waals surface area (Å²) in [7, 11) is 3.26. The summed E-state index contributed by atoms with van der Waals surface area (Å²) in [6, 6.07) is 15.1. The number of amides is 2. The molecule has 3 rings (SSSR count). The van der Waals surface area contributed by atoms with E-state index in [2.05, 4.69) is 0 Å².